The highest BCUT2D eigenvalue weighted by Gasteiger charge is 2.13. The highest BCUT2D eigenvalue weighted by atomic mass is 16.2. The summed E-state index contributed by atoms with van der Waals surface area (Å²) in [6.45, 7) is 9.63. The lowest BCUT2D eigenvalue weighted by atomic mass is 10.1. The number of nitrogens with one attached hydrogen (secondary N) is 1. The van der Waals surface area contributed by atoms with Gasteiger partial charge in [-0.1, -0.05) is 20.8 Å². The molecule has 0 spiro atoms. The minimum Gasteiger partial charge on any atom is -0.345 e. The molecule has 0 bridgehead atoms. The minimum atomic E-state index is 0.0888. The van der Waals surface area contributed by atoms with Crippen LogP contribution in [0.5, 0.6) is 0 Å². The molecule has 0 radical (unpaired) electrons. The number of nitrogens with zero attached hydrogens (tertiary/aromatic N) is 2. The van der Waals surface area contributed by atoms with Gasteiger partial charge in [0.05, 0.1) is 17.4 Å². The summed E-state index contributed by atoms with van der Waals surface area (Å²) in [4.78, 5) is 21.2. The second-order valence-corrected chi connectivity index (χ2v) is 4.02. The van der Waals surface area contributed by atoms with Gasteiger partial charge in [-0.2, -0.15) is 0 Å². The number of aromatic amines is 1. The number of fused-ring (bicyclic) bond motifs is 1. The first kappa shape index (κ1) is 15.2. The van der Waals surface area contributed by atoms with E-state index in [1.165, 1.54) is 0 Å². The molecule has 1 N–H and O–H groups in total. The highest BCUT2D eigenvalue weighted by molar-refractivity contribution is 5.97. The Bertz CT molecular complexity index is 519. The van der Waals surface area contributed by atoms with Crippen LogP contribution in [0.1, 0.15) is 44.5 Å². The molecular weight excluding hydrogens is 238 g/mol. The van der Waals surface area contributed by atoms with E-state index in [1.807, 2.05) is 43.9 Å². The molecule has 0 aliphatic rings. The van der Waals surface area contributed by atoms with E-state index < -0.39 is 0 Å². The predicted octanol–water partition coefficient (Wildman–Crippen LogP) is 3.46. The number of aromatic nitrogens is 2. The smallest absolute Gasteiger partial charge is 0.253 e. The molecule has 4 heteroatoms. The molecule has 0 atom stereocenters. The van der Waals surface area contributed by atoms with Crippen molar-refractivity contribution in [2.45, 2.75) is 34.1 Å². The van der Waals surface area contributed by atoms with E-state index in [0.29, 0.717) is 0 Å². The van der Waals surface area contributed by atoms with E-state index >= 15 is 0 Å². The van der Waals surface area contributed by atoms with Crippen LogP contribution in [-0.2, 0) is 0 Å². The van der Waals surface area contributed by atoms with E-state index in [-0.39, 0.29) is 5.91 Å². The van der Waals surface area contributed by atoms with Gasteiger partial charge in [-0.25, -0.2) is 4.98 Å². The summed E-state index contributed by atoms with van der Waals surface area (Å²) < 4.78 is 0. The summed E-state index contributed by atoms with van der Waals surface area (Å²) >= 11 is 0. The topological polar surface area (TPSA) is 49.0 Å². The van der Waals surface area contributed by atoms with Crippen molar-refractivity contribution in [2.24, 2.45) is 0 Å². The number of H-pyrrole nitrogens is 1. The Morgan fingerprint density at radius 3 is 2.68 bits per heavy atom. The summed E-state index contributed by atoms with van der Waals surface area (Å²) in [5, 5.41) is 0. The van der Waals surface area contributed by atoms with Gasteiger partial charge in [0.2, 0.25) is 0 Å². The van der Waals surface area contributed by atoms with E-state index in [2.05, 4.69) is 16.9 Å². The SMILES string of the molecule is CC.CCCN(CC)C(=O)c1ccc2nc[nH]c2c1. The van der Waals surface area contributed by atoms with Crippen LogP contribution in [0.3, 0.4) is 0 Å². The predicted molar refractivity (Wildman–Crippen MR) is 79.3 cm³/mol. The number of benzene rings is 1. The fourth-order valence-electron chi connectivity index (χ4n) is 1.92. The molecule has 0 unspecified atom stereocenters. The molecule has 0 saturated heterocycles. The fourth-order valence-corrected chi connectivity index (χ4v) is 1.92. The lowest BCUT2D eigenvalue weighted by molar-refractivity contribution is 0.0764. The Morgan fingerprint density at radius 1 is 1.32 bits per heavy atom. The standard InChI is InChI=1S/C13H17N3O.C2H6/c1-3-7-16(4-2)13(17)10-5-6-11-12(8-10)15-9-14-11;1-2/h5-6,8-9H,3-4,7H2,1-2H3,(H,14,15);1-2H3. The average Bonchev–Trinajstić information content (AvgIpc) is 2.93. The molecule has 1 aromatic heterocycles. The first-order valence-electron chi connectivity index (χ1n) is 6.98. The minimum absolute atomic E-state index is 0.0888. The van der Waals surface area contributed by atoms with Crippen LogP contribution in [0, 0.1) is 0 Å². The van der Waals surface area contributed by atoms with Crippen molar-refractivity contribution in [3.63, 3.8) is 0 Å². The monoisotopic (exact) mass is 261 g/mol. The van der Waals surface area contributed by atoms with Gasteiger partial charge >= 0.3 is 0 Å². The number of hydrogen-bond acceptors (Lipinski definition) is 2. The van der Waals surface area contributed by atoms with Gasteiger partial charge in [-0.15, -0.1) is 0 Å². The van der Waals surface area contributed by atoms with Crippen molar-refractivity contribution in [3.05, 3.63) is 30.1 Å². The number of imidazole rings is 1. The molecule has 2 rings (SSSR count). The molecule has 1 heterocycles. The van der Waals surface area contributed by atoms with Crippen LogP contribution in [0.4, 0.5) is 0 Å². The van der Waals surface area contributed by atoms with Gasteiger partial charge < -0.3 is 9.88 Å². The van der Waals surface area contributed by atoms with Gasteiger partial charge in [-0.3, -0.25) is 4.79 Å². The van der Waals surface area contributed by atoms with Crippen molar-refractivity contribution in [1.29, 1.82) is 0 Å². The van der Waals surface area contributed by atoms with Crippen LogP contribution in [0.25, 0.3) is 11.0 Å². The van der Waals surface area contributed by atoms with Crippen molar-refractivity contribution < 1.29 is 4.79 Å². The van der Waals surface area contributed by atoms with Crippen LogP contribution in [-0.4, -0.2) is 33.9 Å². The number of carbonyl (C=O) groups excluding carboxylic acids is 1. The Kier molecular flexibility index (Phi) is 6.06. The third-order valence-corrected chi connectivity index (χ3v) is 2.83. The van der Waals surface area contributed by atoms with E-state index in [1.54, 1.807) is 6.33 Å². The van der Waals surface area contributed by atoms with Gasteiger partial charge in [0.1, 0.15) is 0 Å². The quantitative estimate of drug-likeness (QED) is 0.916. The van der Waals surface area contributed by atoms with E-state index in [0.717, 1.165) is 36.1 Å². The van der Waals surface area contributed by atoms with Crippen LogP contribution in [0.15, 0.2) is 24.5 Å². The third kappa shape index (κ3) is 3.56. The van der Waals surface area contributed by atoms with Gasteiger partial charge in [-0.05, 0) is 31.5 Å². The maximum Gasteiger partial charge on any atom is 0.253 e. The molecule has 2 aromatic rings. The molecule has 0 saturated carbocycles. The lowest BCUT2D eigenvalue weighted by Gasteiger charge is -2.19. The summed E-state index contributed by atoms with van der Waals surface area (Å²) in [7, 11) is 0. The maximum atomic E-state index is 12.2. The summed E-state index contributed by atoms with van der Waals surface area (Å²) in [6, 6.07) is 5.58. The van der Waals surface area contributed by atoms with Gasteiger partial charge in [0.15, 0.2) is 0 Å². The zero-order chi connectivity index (χ0) is 14.3. The first-order chi connectivity index (χ1) is 9.26. The molecule has 4 nitrogen and oxygen atoms in total. The molecule has 0 aliphatic carbocycles. The molecule has 104 valence electrons. The Morgan fingerprint density at radius 2 is 2.05 bits per heavy atom. The van der Waals surface area contributed by atoms with Crippen molar-refractivity contribution in [3.8, 4) is 0 Å². The summed E-state index contributed by atoms with van der Waals surface area (Å²) in [5.41, 5.74) is 2.51. The molecule has 1 amide bonds. The molecule has 1 aromatic carbocycles. The van der Waals surface area contributed by atoms with Crippen molar-refractivity contribution in [2.75, 3.05) is 13.1 Å². The zero-order valence-electron chi connectivity index (χ0n) is 12.2. The summed E-state index contributed by atoms with van der Waals surface area (Å²) in [5.74, 6) is 0.0888. The van der Waals surface area contributed by atoms with Crippen LogP contribution < -0.4 is 0 Å². The normalized spacial score (nSPS) is 9.89. The molecule has 0 aliphatic heterocycles. The van der Waals surface area contributed by atoms with Crippen LogP contribution in [0.2, 0.25) is 0 Å². The highest BCUT2D eigenvalue weighted by Crippen LogP contribution is 2.13. The Hall–Kier alpha value is -1.84. The molecule has 19 heavy (non-hydrogen) atoms. The zero-order valence-corrected chi connectivity index (χ0v) is 12.2. The number of carbonyl (C=O) groups is 1. The van der Waals surface area contributed by atoms with Crippen molar-refractivity contribution in [1.82, 2.24) is 14.9 Å². The van der Waals surface area contributed by atoms with Gasteiger partial charge in [0.25, 0.3) is 5.91 Å². The van der Waals surface area contributed by atoms with Gasteiger partial charge in [0, 0.05) is 18.7 Å². The largest absolute Gasteiger partial charge is 0.345 e. The first-order valence-corrected chi connectivity index (χ1v) is 6.98. The Balaban J connectivity index is 0.000000861. The Labute approximate surface area is 114 Å². The molecule has 0 fully saturated rings. The molecular formula is C15H23N3O. The third-order valence-electron chi connectivity index (χ3n) is 2.83. The maximum absolute atomic E-state index is 12.2. The number of hydrogen-bond donors (Lipinski definition) is 1. The fraction of sp³-hybridized carbons (Fsp3) is 0.467. The van der Waals surface area contributed by atoms with Crippen LogP contribution >= 0.6 is 0 Å². The van der Waals surface area contributed by atoms with E-state index in [4.69, 9.17) is 0 Å². The second kappa shape index (κ2) is 7.56. The second-order valence-electron chi connectivity index (χ2n) is 4.02. The van der Waals surface area contributed by atoms with E-state index in [9.17, 15) is 4.79 Å². The van der Waals surface area contributed by atoms with Crippen molar-refractivity contribution >= 4 is 16.9 Å². The number of rotatable bonds is 4. The lowest BCUT2D eigenvalue weighted by Crippen LogP contribution is -2.31. The average molecular weight is 261 g/mol. The number of amides is 1. The summed E-state index contributed by atoms with van der Waals surface area (Å²) in [6.07, 6.45) is 2.62.